The highest BCUT2D eigenvalue weighted by molar-refractivity contribution is 9.10. The molecule has 0 aliphatic rings. The number of esters is 1. The molecule has 21 heavy (non-hydrogen) atoms. The van der Waals surface area contributed by atoms with Gasteiger partial charge < -0.3 is 4.74 Å². The van der Waals surface area contributed by atoms with Crippen molar-refractivity contribution in [2.45, 2.75) is 25.9 Å². The minimum Gasteiger partial charge on any atom is -0.466 e. The van der Waals surface area contributed by atoms with E-state index in [-0.39, 0.29) is 12.3 Å². The van der Waals surface area contributed by atoms with Crippen molar-refractivity contribution >= 4 is 27.7 Å². The third-order valence-electron chi connectivity index (χ3n) is 2.61. The highest BCUT2D eigenvalue weighted by atomic mass is 79.9. The molecular weight excluding hydrogens is 355 g/mol. The Morgan fingerprint density at radius 2 is 2.00 bits per heavy atom. The van der Waals surface area contributed by atoms with Crippen LogP contribution in [0, 0.1) is 5.92 Å². The van der Waals surface area contributed by atoms with Crippen LogP contribution in [0.1, 0.15) is 30.3 Å². The van der Waals surface area contributed by atoms with Crippen LogP contribution >= 0.6 is 15.9 Å². The van der Waals surface area contributed by atoms with Crippen LogP contribution in [-0.2, 0) is 9.53 Å². The van der Waals surface area contributed by atoms with Crippen molar-refractivity contribution in [2.24, 2.45) is 5.92 Å². The number of Topliss-reactive ketones (excluding diaryl/α,β-unsaturated/α-hetero) is 1. The fourth-order valence-corrected chi connectivity index (χ4v) is 1.96. The lowest BCUT2D eigenvalue weighted by atomic mass is 9.96. The zero-order valence-corrected chi connectivity index (χ0v) is 12.7. The van der Waals surface area contributed by atoms with Gasteiger partial charge in [0.05, 0.1) is 18.9 Å². The van der Waals surface area contributed by atoms with E-state index in [0.717, 1.165) is 0 Å². The second-order valence-corrected chi connectivity index (χ2v) is 5.03. The Balaban J connectivity index is 2.81. The van der Waals surface area contributed by atoms with Gasteiger partial charge >= 0.3 is 12.1 Å². The van der Waals surface area contributed by atoms with E-state index in [1.54, 1.807) is 6.07 Å². The molecule has 8 heteroatoms. The molecule has 0 saturated heterocycles. The Bertz CT molecular complexity index is 520. The topological polar surface area (TPSA) is 56.3 Å². The van der Waals surface area contributed by atoms with Crippen LogP contribution in [0.5, 0.6) is 0 Å². The van der Waals surface area contributed by atoms with Crippen molar-refractivity contribution in [1.82, 2.24) is 4.98 Å². The van der Waals surface area contributed by atoms with Gasteiger partial charge in [-0.1, -0.05) is 6.07 Å². The summed E-state index contributed by atoms with van der Waals surface area (Å²) in [5.74, 6) is -3.83. The Morgan fingerprint density at radius 3 is 2.52 bits per heavy atom. The highest BCUT2D eigenvalue weighted by Crippen LogP contribution is 2.32. The van der Waals surface area contributed by atoms with Crippen molar-refractivity contribution in [3.63, 3.8) is 0 Å². The van der Waals surface area contributed by atoms with Gasteiger partial charge in [-0.2, -0.15) is 13.2 Å². The summed E-state index contributed by atoms with van der Waals surface area (Å²) in [5.41, 5.74) is -0.0810. The highest BCUT2D eigenvalue weighted by Gasteiger charge is 2.42. The molecule has 0 spiro atoms. The monoisotopic (exact) mass is 367 g/mol. The maximum Gasteiger partial charge on any atom is 0.392 e. The number of rotatable bonds is 6. The number of carbonyl (C=O) groups excluding carboxylic acids is 2. The number of carbonyl (C=O) groups is 2. The van der Waals surface area contributed by atoms with Gasteiger partial charge in [-0.05, 0) is 35.0 Å². The molecule has 1 atom stereocenters. The summed E-state index contributed by atoms with van der Waals surface area (Å²) in [4.78, 5) is 26.9. The lowest BCUT2D eigenvalue weighted by Gasteiger charge is -2.18. The molecule has 0 aromatic carbocycles. The predicted octanol–water partition coefficient (Wildman–Crippen LogP) is 3.55. The first-order chi connectivity index (χ1) is 9.74. The lowest BCUT2D eigenvalue weighted by molar-refractivity contribution is -0.183. The number of hydrogen-bond donors (Lipinski definition) is 0. The zero-order chi connectivity index (χ0) is 16.0. The summed E-state index contributed by atoms with van der Waals surface area (Å²) in [6.45, 7) is 1.49. The Morgan fingerprint density at radius 1 is 1.33 bits per heavy atom. The summed E-state index contributed by atoms with van der Waals surface area (Å²) in [7, 11) is 0. The molecule has 4 nitrogen and oxygen atoms in total. The molecule has 0 fully saturated rings. The molecule has 0 saturated carbocycles. The normalized spacial score (nSPS) is 12.8. The largest absolute Gasteiger partial charge is 0.466 e. The van der Waals surface area contributed by atoms with E-state index in [1.165, 1.54) is 19.1 Å². The summed E-state index contributed by atoms with van der Waals surface area (Å²) < 4.78 is 43.5. The van der Waals surface area contributed by atoms with Crippen LogP contribution in [0.15, 0.2) is 22.8 Å². The minimum atomic E-state index is -4.66. The number of halogens is 4. The van der Waals surface area contributed by atoms with Crippen LogP contribution in [-0.4, -0.2) is 29.5 Å². The number of ether oxygens (including phenoxy) is 1. The van der Waals surface area contributed by atoms with Crippen LogP contribution in [0.2, 0.25) is 0 Å². The molecule has 1 unspecified atom stereocenters. The van der Waals surface area contributed by atoms with E-state index in [1.807, 2.05) is 0 Å². The van der Waals surface area contributed by atoms with E-state index in [9.17, 15) is 22.8 Å². The van der Waals surface area contributed by atoms with Gasteiger partial charge in [0.15, 0.2) is 5.78 Å². The SMILES string of the molecule is CCOC(=O)CC(CC(=O)c1cccc(Br)n1)C(F)(F)F. The van der Waals surface area contributed by atoms with E-state index >= 15 is 0 Å². The van der Waals surface area contributed by atoms with Crippen molar-refractivity contribution in [1.29, 1.82) is 0 Å². The number of nitrogens with zero attached hydrogens (tertiary/aromatic N) is 1. The minimum absolute atomic E-state index is 0.00938. The van der Waals surface area contributed by atoms with Crippen molar-refractivity contribution in [3.8, 4) is 0 Å². The average Bonchev–Trinajstić information content (AvgIpc) is 2.37. The standard InChI is InChI=1S/C13H13BrF3NO3/c1-2-21-12(20)7-8(13(15,16)17)6-10(19)9-4-3-5-11(14)18-9/h3-5,8H,2,6-7H2,1H3. The second kappa shape index (κ2) is 7.53. The molecule has 0 bridgehead atoms. The van der Waals surface area contributed by atoms with E-state index in [0.29, 0.717) is 4.60 Å². The number of hydrogen-bond acceptors (Lipinski definition) is 4. The fraction of sp³-hybridized carbons (Fsp3) is 0.462. The Hall–Kier alpha value is -1.44. The molecule has 0 radical (unpaired) electrons. The number of alkyl halides is 3. The van der Waals surface area contributed by atoms with Crippen molar-refractivity contribution < 1.29 is 27.5 Å². The summed E-state index contributed by atoms with van der Waals surface area (Å²) in [6.07, 6.45) is -6.38. The van der Waals surface area contributed by atoms with Gasteiger partial charge in [-0.15, -0.1) is 0 Å². The van der Waals surface area contributed by atoms with E-state index in [2.05, 4.69) is 25.7 Å². The van der Waals surface area contributed by atoms with E-state index in [4.69, 9.17) is 0 Å². The maximum absolute atomic E-state index is 12.9. The van der Waals surface area contributed by atoms with Crippen LogP contribution in [0.25, 0.3) is 0 Å². The second-order valence-electron chi connectivity index (χ2n) is 4.22. The molecular formula is C13H13BrF3NO3. The van der Waals surface area contributed by atoms with Crippen molar-refractivity contribution in [3.05, 3.63) is 28.5 Å². The first kappa shape index (κ1) is 17.6. The predicted molar refractivity (Wildman–Crippen MR) is 71.7 cm³/mol. The van der Waals surface area contributed by atoms with Gasteiger partial charge in [0.1, 0.15) is 10.3 Å². The molecule has 1 rings (SSSR count). The third-order valence-corrected chi connectivity index (χ3v) is 3.06. The Kier molecular flexibility index (Phi) is 6.32. The molecule has 0 N–H and O–H groups in total. The van der Waals surface area contributed by atoms with Crippen LogP contribution in [0.4, 0.5) is 13.2 Å². The number of pyridine rings is 1. The summed E-state index contributed by atoms with van der Waals surface area (Å²) in [6, 6.07) is 4.37. The zero-order valence-electron chi connectivity index (χ0n) is 11.1. The molecule has 1 heterocycles. The molecule has 0 amide bonds. The molecule has 0 aliphatic heterocycles. The molecule has 0 aliphatic carbocycles. The molecule has 1 aromatic heterocycles. The maximum atomic E-state index is 12.9. The smallest absolute Gasteiger partial charge is 0.392 e. The number of aromatic nitrogens is 1. The summed E-state index contributed by atoms with van der Waals surface area (Å²) >= 11 is 3.04. The quantitative estimate of drug-likeness (QED) is 0.438. The third kappa shape index (κ3) is 5.82. The average molecular weight is 368 g/mol. The Labute approximate surface area is 127 Å². The van der Waals surface area contributed by atoms with Gasteiger partial charge in [0, 0.05) is 6.42 Å². The molecule has 116 valence electrons. The van der Waals surface area contributed by atoms with Gasteiger partial charge in [-0.25, -0.2) is 4.98 Å². The van der Waals surface area contributed by atoms with Crippen molar-refractivity contribution in [2.75, 3.05) is 6.61 Å². The first-order valence-electron chi connectivity index (χ1n) is 6.12. The van der Waals surface area contributed by atoms with Crippen LogP contribution in [0.3, 0.4) is 0 Å². The molecule has 1 aromatic rings. The van der Waals surface area contributed by atoms with Gasteiger partial charge in [0.2, 0.25) is 0 Å². The van der Waals surface area contributed by atoms with Gasteiger partial charge in [-0.3, -0.25) is 9.59 Å². The number of ketones is 1. The first-order valence-corrected chi connectivity index (χ1v) is 6.91. The van der Waals surface area contributed by atoms with E-state index < -0.39 is 36.7 Å². The fourth-order valence-electron chi connectivity index (χ4n) is 1.62. The summed E-state index contributed by atoms with van der Waals surface area (Å²) in [5, 5.41) is 0. The van der Waals surface area contributed by atoms with Gasteiger partial charge in [0.25, 0.3) is 0 Å². The lowest BCUT2D eigenvalue weighted by Crippen LogP contribution is -2.29. The van der Waals surface area contributed by atoms with Crippen LogP contribution < -0.4 is 0 Å².